The second-order valence-electron chi connectivity index (χ2n) is 3.96. The van der Waals surface area contributed by atoms with Gasteiger partial charge in [-0.2, -0.15) is 0 Å². The van der Waals surface area contributed by atoms with Crippen molar-refractivity contribution in [2.45, 2.75) is 19.6 Å². The highest BCUT2D eigenvalue weighted by atomic mass is 16.7. The average molecular weight is 204 g/mol. The van der Waals surface area contributed by atoms with E-state index in [0.29, 0.717) is 13.2 Å². The molecule has 0 aliphatic carbocycles. The van der Waals surface area contributed by atoms with Crippen molar-refractivity contribution in [3.63, 3.8) is 0 Å². The van der Waals surface area contributed by atoms with Gasteiger partial charge < -0.3 is 9.47 Å². The first-order valence-electron chi connectivity index (χ1n) is 5.22. The second kappa shape index (κ2) is 4.17. The van der Waals surface area contributed by atoms with Crippen molar-refractivity contribution >= 4 is 6.08 Å². The maximum atomic E-state index is 5.48. The summed E-state index contributed by atoms with van der Waals surface area (Å²) < 4.78 is 11.0. The van der Waals surface area contributed by atoms with E-state index < -0.39 is 5.79 Å². The minimum absolute atomic E-state index is 0.537. The molecule has 1 aromatic carbocycles. The van der Waals surface area contributed by atoms with Crippen LogP contribution < -0.4 is 0 Å². The maximum absolute atomic E-state index is 5.48. The van der Waals surface area contributed by atoms with Gasteiger partial charge in [0.2, 0.25) is 0 Å². The Balaban J connectivity index is 2.07. The minimum Gasteiger partial charge on any atom is -0.344 e. The van der Waals surface area contributed by atoms with Crippen LogP contribution in [0, 0.1) is 6.92 Å². The fourth-order valence-corrected chi connectivity index (χ4v) is 1.55. The molecule has 0 atom stereocenters. The van der Waals surface area contributed by atoms with Gasteiger partial charge in [-0.3, -0.25) is 0 Å². The van der Waals surface area contributed by atoms with Gasteiger partial charge in [0.1, 0.15) is 0 Å². The van der Waals surface area contributed by atoms with E-state index in [1.165, 1.54) is 11.1 Å². The molecule has 1 aromatic rings. The molecule has 80 valence electrons. The first kappa shape index (κ1) is 10.4. The zero-order valence-electron chi connectivity index (χ0n) is 9.19. The monoisotopic (exact) mass is 204 g/mol. The molecule has 0 saturated carbocycles. The Morgan fingerprint density at radius 1 is 1.13 bits per heavy atom. The zero-order chi connectivity index (χ0) is 10.7. The smallest absolute Gasteiger partial charge is 0.185 e. The second-order valence-corrected chi connectivity index (χ2v) is 3.96. The molecular weight excluding hydrogens is 188 g/mol. The lowest BCUT2D eigenvalue weighted by Gasteiger charge is -2.16. The molecule has 1 fully saturated rings. The third kappa shape index (κ3) is 2.67. The van der Waals surface area contributed by atoms with Gasteiger partial charge in [0.05, 0.1) is 13.2 Å². The van der Waals surface area contributed by atoms with Crippen molar-refractivity contribution in [2.24, 2.45) is 0 Å². The van der Waals surface area contributed by atoms with E-state index >= 15 is 0 Å². The van der Waals surface area contributed by atoms with Gasteiger partial charge in [-0.25, -0.2) is 0 Å². The van der Waals surface area contributed by atoms with E-state index in [9.17, 15) is 0 Å². The Labute approximate surface area is 90.5 Å². The lowest BCUT2D eigenvalue weighted by molar-refractivity contribution is -0.0990. The molecule has 0 N–H and O–H groups in total. The highest BCUT2D eigenvalue weighted by Gasteiger charge is 2.27. The first-order chi connectivity index (χ1) is 7.18. The maximum Gasteiger partial charge on any atom is 0.185 e. The van der Waals surface area contributed by atoms with Gasteiger partial charge in [-0.1, -0.05) is 35.9 Å². The lowest BCUT2D eigenvalue weighted by atomic mass is 10.1. The third-order valence-electron chi connectivity index (χ3n) is 2.52. The molecule has 0 spiro atoms. The van der Waals surface area contributed by atoms with Crippen LogP contribution in [0.4, 0.5) is 0 Å². The van der Waals surface area contributed by atoms with E-state index in [2.05, 4.69) is 31.2 Å². The highest BCUT2D eigenvalue weighted by Crippen LogP contribution is 2.21. The van der Waals surface area contributed by atoms with Crippen LogP contribution in [-0.2, 0) is 9.47 Å². The third-order valence-corrected chi connectivity index (χ3v) is 2.52. The molecule has 2 heteroatoms. The van der Waals surface area contributed by atoms with Crippen molar-refractivity contribution in [3.8, 4) is 0 Å². The Bertz CT molecular complexity index is 345. The number of rotatable bonds is 2. The number of hydrogen-bond acceptors (Lipinski definition) is 2. The summed E-state index contributed by atoms with van der Waals surface area (Å²) in [5.41, 5.74) is 2.44. The highest BCUT2D eigenvalue weighted by molar-refractivity contribution is 5.50. The van der Waals surface area contributed by atoms with Gasteiger partial charge in [0.15, 0.2) is 5.79 Å². The van der Waals surface area contributed by atoms with Crippen LogP contribution in [0.2, 0.25) is 0 Å². The Kier molecular flexibility index (Phi) is 2.89. The molecule has 1 aliphatic heterocycles. The molecule has 2 rings (SSSR count). The van der Waals surface area contributed by atoms with Crippen molar-refractivity contribution < 1.29 is 9.47 Å². The molecule has 2 nitrogen and oxygen atoms in total. The number of aryl methyl sites for hydroxylation is 1. The summed E-state index contributed by atoms with van der Waals surface area (Å²) >= 11 is 0. The zero-order valence-corrected chi connectivity index (χ0v) is 9.19. The summed E-state index contributed by atoms with van der Waals surface area (Å²) in [7, 11) is 0. The van der Waals surface area contributed by atoms with Crippen LogP contribution in [-0.4, -0.2) is 19.0 Å². The van der Waals surface area contributed by atoms with E-state index in [0.717, 1.165) is 0 Å². The summed E-state index contributed by atoms with van der Waals surface area (Å²) in [6.07, 6.45) is 4.00. The van der Waals surface area contributed by atoms with Crippen molar-refractivity contribution in [2.75, 3.05) is 13.2 Å². The van der Waals surface area contributed by atoms with Crippen LogP contribution in [0.25, 0.3) is 6.08 Å². The summed E-state index contributed by atoms with van der Waals surface area (Å²) in [6, 6.07) is 8.37. The van der Waals surface area contributed by atoms with Crippen molar-refractivity contribution in [1.29, 1.82) is 0 Å². The fourth-order valence-electron chi connectivity index (χ4n) is 1.55. The predicted molar refractivity (Wildman–Crippen MR) is 60.5 cm³/mol. The molecule has 15 heavy (non-hydrogen) atoms. The Morgan fingerprint density at radius 3 is 2.33 bits per heavy atom. The SMILES string of the molecule is Cc1ccc(/C=C/C2(C)OCCO2)cc1. The molecule has 1 aliphatic rings. The van der Waals surface area contributed by atoms with Crippen LogP contribution in [0.3, 0.4) is 0 Å². The van der Waals surface area contributed by atoms with Crippen molar-refractivity contribution in [3.05, 3.63) is 41.5 Å². The summed E-state index contributed by atoms with van der Waals surface area (Å²) in [4.78, 5) is 0. The topological polar surface area (TPSA) is 18.5 Å². The van der Waals surface area contributed by atoms with Gasteiger partial charge in [-0.05, 0) is 25.5 Å². The van der Waals surface area contributed by atoms with Gasteiger partial charge in [-0.15, -0.1) is 0 Å². The lowest BCUT2D eigenvalue weighted by Crippen LogP contribution is -2.21. The molecule has 0 unspecified atom stereocenters. The van der Waals surface area contributed by atoms with E-state index in [1.54, 1.807) is 0 Å². The molecule has 1 heterocycles. The van der Waals surface area contributed by atoms with Crippen molar-refractivity contribution in [1.82, 2.24) is 0 Å². The van der Waals surface area contributed by atoms with Crippen LogP contribution in [0.5, 0.6) is 0 Å². The number of benzene rings is 1. The minimum atomic E-state index is -0.537. The molecule has 0 aromatic heterocycles. The largest absolute Gasteiger partial charge is 0.344 e. The summed E-state index contributed by atoms with van der Waals surface area (Å²) in [5, 5.41) is 0. The van der Waals surface area contributed by atoms with E-state index in [4.69, 9.17) is 9.47 Å². The molecule has 0 bridgehead atoms. The quantitative estimate of drug-likeness (QED) is 0.737. The Hall–Kier alpha value is -1.12. The van der Waals surface area contributed by atoms with Gasteiger partial charge in [0.25, 0.3) is 0 Å². The summed E-state index contributed by atoms with van der Waals surface area (Å²) in [5.74, 6) is -0.537. The van der Waals surface area contributed by atoms with Gasteiger partial charge >= 0.3 is 0 Å². The molecule has 0 radical (unpaired) electrons. The normalized spacial score (nSPS) is 19.9. The van der Waals surface area contributed by atoms with Crippen LogP contribution in [0.1, 0.15) is 18.1 Å². The first-order valence-corrected chi connectivity index (χ1v) is 5.22. The number of hydrogen-bond donors (Lipinski definition) is 0. The standard InChI is InChI=1S/C13H16O2/c1-11-3-5-12(6-4-11)7-8-13(2)14-9-10-15-13/h3-8H,9-10H2,1-2H3/b8-7+. The van der Waals surface area contributed by atoms with E-state index in [-0.39, 0.29) is 0 Å². The average Bonchev–Trinajstić information content (AvgIpc) is 2.65. The number of ether oxygens (including phenoxy) is 2. The predicted octanol–water partition coefficient (Wildman–Crippen LogP) is 2.77. The Morgan fingerprint density at radius 2 is 1.73 bits per heavy atom. The molecule has 1 saturated heterocycles. The fraction of sp³-hybridized carbons (Fsp3) is 0.385. The molecule has 0 amide bonds. The van der Waals surface area contributed by atoms with Crippen LogP contribution in [0.15, 0.2) is 30.3 Å². The molecular formula is C13H16O2. The van der Waals surface area contributed by atoms with E-state index in [1.807, 2.05) is 19.1 Å². The summed E-state index contributed by atoms with van der Waals surface area (Å²) in [6.45, 7) is 5.37. The van der Waals surface area contributed by atoms with Gasteiger partial charge in [0, 0.05) is 0 Å². The van der Waals surface area contributed by atoms with Crippen LogP contribution >= 0.6 is 0 Å².